The van der Waals surface area contributed by atoms with Crippen molar-refractivity contribution in [1.82, 2.24) is 4.90 Å². The van der Waals surface area contributed by atoms with Crippen LogP contribution in [0.2, 0.25) is 10.0 Å². The van der Waals surface area contributed by atoms with E-state index in [0.29, 0.717) is 29.4 Å². The average Bonchev–Trinajstić information content (AvgIpc) is 2.48. The third-order valence-electron chi connectivity index (χ3n) is 4.10. The number of aliphatic hydroxyl groups is 1. The smallest absolute Gasteiger partial charge is 0.222 e. The van der Waals surface area contributed by atoms with Gasteiger partial charge in [0.1, 0.15) is 0 Å². The number of nitrogens with zero attached hydrogens (tertiary/aromatic N) is 1. The van der Waals surface area contributed by atoms with E-state index in [1.54, 1.807) is 13.0 Å². The van der Waals surface area contributed by atoms with Gasteiger partial charge in [-0.1, -0.05) is 29.3 Å². The fourth-order valence-electron chi connectivity index (χ4n) is 2.73. The molecule has 1 saturated heterocycles. The molecule has 0 saturated carbocycles. The molecular weight excluding hydrogens is 309 g/mol. The predicted octanol–water partition coefficient (Wildman–Crippen LogP) is 3.55. The molecule has 5 heteroatoms. The highest BCUT2D eigenvalue weighted by Crippen LogP contribution is 2.24. The van der Waals surface area contributed by atoms with E-state index in [0.717, 1.165) is 24.9 Å². The number of rotatable bonds is 4. The number of halogens is 2. The molecule has 116 valence electrons. The van der Waals surface area contributed by atoms with Crippen LogP contribution in [0.4, 0.5) is 0 Å². The Balaban J connectivity index is 1.87. The zero-order valence-electron chi connectivity index (χ0n) is 12.2. The molecule has 3 nitrogen and oxygen atoms in total. The summed E-state index contributed by atoms with van der Waals surface area (Å²) in [4.78, 5) is 14.2. The lowest BCUT2D eigenvalue weighted by Gasteiger charge is -2.34. The fourth-order valence-corrected chi connectivity index (χ4v) is 3.06. The molecule has 1 aliphatic rings. The first-order chi connectivity index (χ1) is 9.97. The maximum atomic E-state index is 12.3. The molecule has 0 radical (unpaired) electrons. The lowest BCUT2D eigenvalue weighted by atomic mass is 9.93. The maximum absolute atomic E-state index is 12.3. The standard InChI is InChI=1S/C16H21Cl2NO2/c1-11(20)13-3-2-8-19(10-13)16(21)7-5-12-4-6-14(17)15(18)9-12/h4,6,9,11,13,20H,2-3,5,7-8,10H2,1H3. The average molecular weight is 330 g/mol. The lowest BCUT2D eigenvalue weighted by molar-refractivity contribution is -0.133. The summed E-state index contributed by atoms with van der Waals surface area (Å²) >= 11 is 11.9. The minimum atomic E-state index is -0.351. The molecule has 1 N–H and O–H groups in total. The quantitative estimate of drug-likeness (QED) is 0.917. The largest absolute Gasteiger partial charge is 0.393 e. The van der Waals surface area contributed by atoms with Gasteiger partial charge in [0.15, 0.2) is 0 Å². The molecule has 21 heavy (non-hydrogen) atoms. The summed E-state index contributed by atoms with van der Waals surface area (Å²) in [6.07, 6.45) is 2.73. The number of amides is 1. The van der Waals surface area contributed by atoms with E-state index >= 15 is 0 Å². The van der Waals surface area contributed by atoms with E-state index in [-0.39, 0.29) is 17.9 Å². The minimum absolute atomic E-state index is 0.145. The molecule has 1 fully saturated rings. The molecule has 0 aliphatic carbocycles. The SMILES string of the molecule is CC(O)C1CCCN(C(=O)CCc2ccc(Cl)c(Cl)c2)C1. The van der Waals surface area contributed by atoms with Gasteiger partial charge in [0, 0.05) is 25.4 Å². The summed E-state index contributed by atoms with van der Waals surface area (Å²) < 4.78 is 0. The Kier molecular flexibility index (Phi) is 5.91. The number of benzene rings is 1. The Hall–Kier alpha value is -0.770. The van der Waals surface area contributed by atoms with Gasteiger partial charge in [-0.25, -0.2) is 0 Å². The van der Waals surface area contributed by atoms with Crippen LogP contribution in [0.25, 0.3) is 0 Å². The van der Waals surface area contributed by atoms with Crippen molar-refractivity contribution in [3.63, 3.8) is 0 Å². The van der Waals surface area contributed by atoms with Crippen molar-refractivity contribution in [2.75, 3.05) is 13.1 Å². The monoisotopic (exact) mass is 329 g/mol. The van der Waals surface area contributed by atoms with Gasteiger partial charge in [-0.2, -0.15) is 0 Å². The van der Waals surface area contributed by atoms with Gasteiger partial charge < -0.3 is 10.0 Å². The van der Waals surface area contributed by atoms with Crippen LogP contribution >= 0.6 is 23.2 Å². The Bertz CT molecular complexity index is 505. The Labute approximate surface area is 135 Å². The van der Waals surface area contributed by atoms with E-state index in [2.05, 4.69) is 0 Å². The zero-order chi connectivity index (χ0) is 15.4. The zero-order valence-corrected chi connectivity index (χ0v) is 13.7. The molecule has 1 aromatic carbocycles. The molecule has 0 aromatic heterocycles. The van der Waals surface area contributed by atoms with Gasteiger partial charge in [0.25, 0.3) is 0 Å². The molecule has 2 unspecified atom stereocenters. The highest BCUT2D eigenvalue weighted by atomic mass is 35.5. The first-order valence-corrected chi connectivity index (χ1v) is 8.12. The third kappa shape index (κ3) is 4.60. The van der Waals surface area contributed by atoms with E-state index < -0.39 is 0 Å². The first-order valence-electron chi connectivity index (χ1n) is 7.37. The summed E-state index contributed by atoms with van der Waals surface area (Å²) in [5.74, 6) is 0.346. The van der Waals surface area contributed by atoms with Gasteiger partial charge in [-0.15, -0.1) is 0 Å². The molecule has 2 atom stereocenters. The van der Waals surface area contributed by atoms with Crippen LogP contribution in [0.3, 0.4) is 0 Å². The van der Waals surface area contributed by atoms with Crippen LogP contribution in [0.5, 0.6) is 0 Å². The van der Waals surface area contributed by atoms with Crippen LogP contribution in [0.1, 0.15) is 31.7 Å². The van der Waals surface area contributed by atoms with Gasteiger partial charge >= 0.3 is 0 Å². The Morgan fingerprint density at radius 3 is 2.86 bits per heavy atom. The van der Waals surface area contributed by atoms with E-state index in [9.17, 15) is 9.90 Å². The molecule has 1 aliphatic heterocycles. The van der Waals surface area contributed by atoms with Crippen molar-refractivity contribution in [3.05, 3.63) is 33.8 Å². The van der Waals surface area contributed by atoms with Crippen LogP contribution in [-0.4, -0.2) is 35.1 Å². The van der Waals surface area contributed by atoms with Gasteiger partial charge in [-0.3, -0.25) is 4.79 Å². The number of carbonyl (C=O) groups excluding carboxylic acids is 1. The molecule has 1 heterocycles. The Morgan fingerprint density at radius 2 is 2.19 bits per heavy atom. The second-order valence-corrected chi connectivity index (χ2v) is 6.55. The molecule has 2 rings (SSSR count). The van der Waals surface area contributed by atoms with Crippen LogP contribution in [0.15, 0.2) is 18.2 Å². The third-order valence-corrected chi connectivity index (χ3v) is 4.84. The highest BCUT2D eigenvalue weighted by Gasteiger charge is 2.26. The van der Waals surface area contributed by atoms with Crippen LogP contribution in [-0.2, 0) is 11.2 Å². The number of aryl methyl sites for hydroxylation is 1. The molecular formula is C16H21Cl2NO2. The van der Waals surface area contributed by atoms with Crippen molar-refractivity contribution >= 4 is 29.1 Å². The molecule has 1 amide bonds. The maximum Gasteiger partial charge on any atom is 0.222 e. The fraction of sp³-hybridized carbons (Fsp3) is 0.562. The number of piperidine rings is 1. The van der Waals surface area contributed by atoms with Crippen molar-refractivity contribution < 1.29 is 9.90 Å². The minimum Gasteiger partial charge on any atom is -0.393 e. The topological polar surface area (TPSA) is 40.5 Å². The summed E-state index contributed by atoms with van der Waals surface area (Å²) in [6.45, 7) is 3.26. The van der Waals surface area contributed by atoms with Crippen molar-refractivity contribution in [1.29, 1.82) is 0 Å². The second-order valence-electron chi connectivity index (χ2n) is 5.73. The normalized spacial score (nSPS) is 20.4. The number of hydrogen-bond donors (Lipinski definition) is 1. The van der Waals surface area contributed by atoms with Gasteiger partial charge in [0.2, 0.25) is 5.91 Å². The number of hydrogen-bond acceptors (Lipinski definition) is 2. The summed E-state index contributed by atoms with van der Waals surface area (Å²) in [6, 6.07) is 5.47. The molecule has 0 bridgehead atoms. The van der Waals surface area contributed by atoms with Crippen molar-refractivity contribution in [3.8, 4) is 0 Å². The number of aliphatic hydroxyl groups excluding tert-OH is 1. The van der Waals surface area contributed by atoms with Crippen molar-refractivity contribution in [2.45, 2.75) is 38.7 Å². The number of carbonyl (C=O) groups is 1. The highest BCUT2D eigenvalue weighted by molar-refractivity contribution is 6.42. The van der Waals surface area contributed by atoms with E-state index in [1.165, 1.54) is 0 Å². The van der Waals surface area contributed by atoms with Crippen LogP contribution in [0, 0.1) is 5.92 Å². The van der Waals surface area contributed by atoms with E-state index in [4.69, 9.17) is 23.2 Å². The molecule has 1 aromatic rings. The first kappa shape index (κ1) is 16.6. The van der Waals surface area contributed by atoms with Gasteiger partial charge in [-0.05, 0) is 43.9 Å². The van der Waals surface area contributed by atoms with Gasteiger partial charge in [0.05, 0.1) is 16.1 Å². The summed E-state index contributed by atoms with van der Waals surface area (Å²) in [7, 11) is 0. The predicted molar refractivity (Wildman–Crippen MR) is 85.8 cm³/mol. The lowest BCUT2D eigenvalue weighted by Crippen LogP contribution is -2.43. The summed E-state index contributed by atoms with van der Waals surface area (Å²) in [5, 5.41) is 10.7. The molecule has 0 spiro atoms. The summed E-state index contributed by atoms with van der Waals surface area (Å²) in [5.41, 5.74) is 1.02. The Morgan fingerprint density at radius 1 is 1.43 bits per heavy atom. The van der Waals surface area contributed by atoms with Crippen LogP contribution < -0.4 is 0 Å². The van der Waals surface area contributed by atoms with E-state index in [1.807, 2.05) is 17.0 Å². The van der Waals surface area contributed by atoms with Crippen molar-refractivity contribution in [2.24, 2.45) is 5.92 Å². The second kappa shape index (κ2) is 7.48. The number of likely N-dealkylation sites (tertiary alicyclic amines) is 1.